The summed E-state index contributed by atoms with van der Waals surface area (Å²) in [6.45, 7) is 1.59. The van der Waals surface area contributed by atoms with Crippen molar-refractivity contribution in [1.82, 2.24) is 0 Å². The quantitative estimate of drug-likeness (QED) is 0.714. The third kappa shape index (κ3) is 1.91. The first-order valence-corrected chi connectivity index (χ1v) is 5.30. The molecule has 0 saturated heterocycles. The normalized spacial score (nSPS) is 10.4. The molecule has 0 fully saturated rings. The predicted molar refractivity (Wildman–Crippen MR) is 68.3 cm³/mol. The molecule has 0 N–H and O–H groups in total. The molecular formula is C14H15NO. The molecule has 0 aliphatic carbocycles. The van der Waals surface area contributed by atoms with E-state index in [4.69, 9.17) is 0 Å². The third-order valence-corrected chi connectivity index (χ3v) is 2.75. The Morgan fingerprint density at radius 1 is 1.00 bits per heavy atom. The fourth-order valence-corrected chi connectivity index (χ4v) is 1.73. The molecule has 0 bridgehead atoms. The van der Waals surface area contributed by atoms with Crippen molar-refractivity contribution in [2.75, 3.05) is 19.0 Å². The summed E-state index contributed by atoms with van der Waals surface area (Å²) < 4.78 is 0. The van der Waals surface area contributed by atoms with Crippen LogP contribution in [0.1, 0.15) is 17.3 Å². The van der Waals surface area contributed by atoms with Crippen molar-refractivity contribution in [1.29, 1.82) is 0 Å². The van der Waals surface area contributed by atoms with Crippen LogP contribution in [0.3, 0.4) is 0 Å². The van der Waals surface area contributed by atoms with Crippen LogP contribution in [0.2, 0.25) is 0 Å². The summed E-state index contributed by atoms with van der Waals surface area (Å²) in [5.74, 6) is 0.110. The van der Waals surface area contributed by atoms with Crippen LogP contribution < -0.4 is 4.90 Å². The lowest BCUT2D eigenvalue weighted by molar-refractivity contribution is 0.101. The maximum atomic E-state index is 11.3. The van der Waals surface area contributed by atoms with Crippen molar-refractivity contribution >= 4 is 22.2 Å². The molecule has 0 saturated carbocycles. The van der Waals surface area contributed by atoms with Gasteiger partial charge in [0.1, 0.15) is 0 Å². The minimum absolute atomic E-state index is 0.110. The Labute approximate surface area is 95.5 Å². The van der Waals surface area contributed by atoms with Crippen molar-refractivity contribution in [3.05, 3.63) is 42.0 Å². The van der Waals surface area contributed by atoms with Crippen molar-refractivity contribution in [2.24, 2.45) is 0 Å². The van der Waals surface area contributed by atoms with Crippen LogP contribution in [0.15, 0.2) is 36.4 Å². The number of nitrogens with zero attached hydrogens (tertiary/aromatic N) is 1. The first-order chi connectivity index (χ1) is 7.58. The minimum atomic E-state index is 0.110. The van der Waals surface area contributed by atoms with E-state index >= 15 is 0 Å². The molecular weight excluding hydrogens is 198 g/mol. The van der Waals surface area contributed by atoms with Gasteiger partial charge in [0.25, 0.3) is 0 Å². The summed E-state index contributed by atoms with van der Waals surface area (Å²) in [4.78, 5) is 13.3. The molecule has 0 spiro atoms. The van der Waals surface area contributed by atoms with Gasteiger partial charge in [0.15, 0.2) is 5.78 Å². The first kappa shape index (κ1) is 10.7. The lowest BCUT2D eigenvalue weighted by Crippen LogP contribution is -2.08. The van der Waals surface area contributed by atoms with Crippen LogP contribution in [-0.4, -0.2) is 19.9 Å². The van der Waals surface area contributed by atoms with Crippen molar-refractivity contribution in [2.45, 2.75) is 6.92 Å². The summed E-state index contributed by atoms with van der Waals surface area (Å²) in [5.41, 5.74) is 1.94. The molecule has 2 rings (SSSR count). The fourth-order valence-electron chi connectivity index (χ4n) is 1.73. The van der Waals surface area contributed by atoms with E-state index in [-0.39, 0.29) is 5.78 Å². The minimum Gasteiger partial charge on any atom is -0.378 e. The molecule has 0 aliphatic rings. The van der Waals surface area contributed by atoms with Crippen LogP contribution in [-0.2, 0) is 0 Å². The van der Waals surface area contributed by atoms with Gasteiger partial charge in [0.05, 0.1) is 0 Å². The molecule has 2 heteroatoms. The number of carbonyl (C=O) groups excluding carboxylic acids is 1. The number of fused-ring (bicyclic) bond motifs is 1. The Morgan fingerprint density at radius 2 is 1.62 bits per heavy atom. The van der Waals surface area contributed by atoms with Gasteiger partial charge in [-0.2, -0.15) is 0 Å². The highest BCUT2D eigenvalue weighted by molar-refractivity contribution is 5.99. The Bertz CT molecular complexity index is 543. The van der Waals surface area contributed by atoms with E-state index in [9.17, 15) is 4.79 Å². The number of carbonyl (C=O) groups is 1. The molecule has 0 aliphatic heterocycles. The molecule has 0 heterocycles. The molecule has 0 unspecified atom stereocenters. The number of hydrogen-bond donors (Lipinski definition) is 0. The Kier molecular flexibility index (Phi) is 2.65. The van der Waals surface area contributed by atoms with Crippen LogP contribution in [0, 0.1) is 0 Å². The highest BCUT2D eigenvalue weighted by atomic mass is 16.1. The standard InChI is InChI=1S/C14H15NO/c1-10(16)11-4-5-13-9-14(15(2)3)7-6-12(13)8-11/h4-9H,1-3H3. The van der Waals surface area contributed by atoms with E-state index in [2.05, 4.69) is 23.1 Å². The topological polar surface area (TPSA) is 20.3 Å². The molecule has 2 nitrogen and oxygen atoms in total. The second kappa shape index (κ2) is 3.97. The molecule has 82 valence electrons. The lowest BCUT2D eigenvalue weighted by Gasteiger charge is -2.13. The van der Waals surface area contributed by atoms with Gasteiger partial charge in [-0.3, -0.25) is 4.79 Å². The number of ketones is 1. The van der Waals surface area contributed by atoms with Gasteiger partial charge in [0.2, 0.25) is 0 Å². The van der Waals surface area contributed by atoms with Gasteiger partial charge in [-0.15, -0.1) is 0 Å². The van der Waals surface area contributed by atoms with E-state index in [1.807, 2.05) is 32.3 Å². The van der Waals surface area contributed by atoms with Gasteiger partial charge >= 0.3 is 0 Å². The number of rotatable bonds is 2. The van der Waals surface area contributed by atoms with E-state index in [1.54, 1.807) is 6.92 Å². The predicted octanol–water partition coefficient (Wildman–Crippen LogP) is 3.11. The van der Waals surface area contributed by atoms with Crippen molar-refractivity contribution in [3.8, 4) is 0 Å². The average Bonchev–Trinajstić information content (AvgIpc) is 2.27. The van der Waals surface area contributed by atoms with Crippen LogP contribution in [0.4, 0.5) is 5.69 Å². The molecule has 0 atom stereocenters. The van der Waals surface area contributed by atoms with Crippen LogP contribution >= 0.6 is 0 Å². The zero-order valence-corrected chi connectivity index (χ0v) is 9.82. The smallest absolute Gasteiger partial charge is 0.159 e. The van der Waals surface area contributed by atoms with Gasteiger partial charge in [-0.05, 0) is 35.9 Å². The average molecular weight is 213 g/mol. The SMILES string of the molecule is CC(=O)c1ccc2cc(N(C)C)ccc2c1. The Balaban J connectivity index is 2.57. The first-order valence-electron chi connectivity index (χ1n) is 5.30. The molecule has 16 heavy (non-hydrogen) atoms. The Hall–Kier alpha value is -1.83. The summed E-state index contributed by atoms with van der Waals surface area (Å²) in [6.07, 6.45) is 0. The zero-order valence-electron chi connectivity index (χ0n) is 9.82. The van der Waals surface area contributed by atoms with Crippen molar-refractivity contribution in [3.63, 3.8) is 0 Å². The summed E-state index contributed by atoms with van der Waals surface area (Å²) >= 11 is 0. The van der Waals surface area contributed by atoms with Gasteiger partial charge in [0, 0.05) is 25.3 Å². The summed E-state index contributed by atoms with van der Waals surface area (Å²) in [6, 6.07) is 12.1. The third-order valence-electron chi connectivity index (χ3n) is 2.75. The Morgan fingerprint density at radius 3 is 2.25 bits per heavy atom. The largest absolute Gasteiger partial charge is 0.378 e. The summed E-state index contributed by atoms with van der Waals surface area (Å²) in [5, 5.41) is 2.27. The van der Waals surface area contributed by atoms with Gasteiger partial charge < -0.3 is 4.90 Å². The number of benzene rings is 2. The molecule has 0 radical (unpaired) electrons. The van der Waals surface area contributed by atoms with E-state index in [0.717, 1.165) is 16.3 Å². The second-order valence-corrected chi connectivity index (χ2v) is 4.20. The van der Waals surface area contributed by atoms with E-state index in [0.29, 0.717) is 0 Å². The molecule has 0 aromatic heterocycles. The highest BCUT2D eigenvalue weighted by Crippen LogP contribution is 2.22. The van der Waals surface area contributed by atoms with Gasteiger partial charge in [-0.25, -0.2) is 0 Å². The number of hydrogen-bond acceptors (Lipinski definition) is 2. The molecule has 0 amide bonds. The maximum Gasteiger partial charge on any atom is 0.159 e. The highest BCUT2D eigenvalue weighted by Gasteiger charge is 2.02. The summed E-state index contributed by atoms with van der Waals surface area (Å²) in [7, 11) is 4.04. The monoisotopic (exact) mass is 213 g/mol. The zero-order chi connectivity index (χ0) is 11.7. The van der Waals surface area contributed by atoms with Gasteiger partial charge in [-0.1, -0.05) is 18.2 Å². The molecule has 2 aromatic carbocycles. The second-order valence-electron chi connectivity index (χ2n) is 4.20. The van der Waals surface area contributed by atoms with E-state index < -0.39 is 0 Å². The number of Topliss-reactive ketones (excluding diaryl/α,β-unsaturated/α-hetero) is 1. The maximum absolute atomic E-state index is 11.3. The fraction of sp³-hybridized carbons (Fsp3) is 0.214. The number of anilines is 1. The lowest BCUT2D eigenvalue weighted by atomic mass is 10.0. The van der Waals surface area contributed by atoms with E-state index in [1.165, 1.54) is 5.69 Å². The van der Waals surface area contributed by atoms with Crippen molar-refractivity contribution < 1.29 is 4.79 Å². The molecule has 2 aromatic rings. The van der Waals surface area contributed by atoms with Crippen LogP contribution in [0.5, 0.6) is 0 Å². The van der Waals surface area contributed by atoms with Crippen LogP contribution in [0.25, 0.3) is 10.8 Å².